The zero-order valence-corrected chi connectivity index (χ0v) is 15.8. The second-order valence-corrected chi connectivity index (χ2v) is 7.10. The van der Waals surface area contributed by atoms with Gasteiger partial charge in [0.25, 0.3) is 5.91 Å². The number of pyridine rings is 1. The van der Waals surface area contributed by atoms with Crippen LogP contribution in [0.3, 0.4) is 0 Å². The van der Waals surface area contributed by atoms with Gasteiger partial charge in [0.05, 0.1) is 24.3 Å². The maximum Gasteiger partial charge on any atom is 0.257 e. The molecule has 5 nitrogen and oxygen atoms in total. The van der Waals surface area contributed by atoms with Crippen molar-refractivity contribution < 1.29 is 13.9 Å². The van der Waals surface area contributed by atoms with E-state index in [1.807, 2.05) is 35.4 Å². The Labute approximate surface area is 163 Å². The number of hydrogen-bond acceptors (Lipinski definition) is 3. The van der Waals surface area contributed by atoms with E-state index >= 15 is 0 Å². The molecule has 0 unspecified atom stereocenters. The van der Waals surface area contributed by atoms with Crippen LogP contribution in [-0.4, -0.2) is 46.7 Å². The number of aryl methyl sites for hydroxylation is 2. The van der Waals surface area contributed by atoms with E-state index in [1.54, 1.807) is 6.20 Å². The molecule has 0 bridgehead atoms. The van der Waals surface area contributed by atoms with Crippen molar-refractivity contribution in [2.24, 2.45) is 0 Å². The topological polar surface area (TPSA) is 47.4 Å². The standard InChI is InChI=1S/C22H24FN3O2/c23-18-8-6-17(7-9-18)4-1-2-11-26-16-19(21-20(26)5-3-10-24-21)22(27)25-12-14-28-15-13-25/h3,5-10,16H,1-2,4,11-15H2. The van der Waals surface area contributed by atoms with Crippen LogP contribution in [0.1, 0.15) is 28.8 Å². The van der Waals surface area contributed by atoms with E-state index in [2.05, 4.69) is 9.55 Å². The van der Waals surface area contributed by atoms with E-state index in [9.17, 15) is 9.18 Å². The van der Waals surface area contributed by atoms with Gasteiger partial charge in [0.2, 0.25) is 0 Å². The van der Waals surface area contributed by atoms with E-state index in [1.165, 1.54) is 12.1 Å². The first-order valence-corrected chi connectivity index (χ1v) is 9.78. The number of rotatable bonds is 6. The number of benzene rings is 1. The van der Waals surface area contributed by atoms with Gasteiger partial charge in [-0.2, -0.15) is 0 Å². The number of hydrogen-bond donors (Lipinski definition) is 0. The molecule has 1 aromatic carbocycles. The molecule has 0 N–H and O–H groups in total. The van der Waals surface area contributed by atoms with Crippen LogP contribution in [-0.2, 0) is 17.7 Å². The van der Waals surface area contributed by atoms with Crippen molar-refractivity contribution >= 4 is 16.9 Å². The molecule has 1 aliphatic rings. The second kappa shape index (κ2) is 8.52. The summed E-state index contributed by atoms with van der Waals surface area (Å²) < 4.78 is 20.5. The quantitative estimate of drug-likeness (QED) is 0.612. The Hall–Kier alpha value is -2.73. The number of morpholine rings is 1. The number of nitrogens with zero attached hydrogens (tertiary/aromatic N) is 3. The number of carbonyl (C=O) groups excluding carboxylic acids is 1. The predicted molar refractivity (Wildman–Crippen MR) is 106 cm³/mol. The van der Waals surface area contributed by atoms with Crippen LogP contribution in [0.2, 0.25) is 0 Å². The average molecular weight is 381 g/mol. The van der Waals surface area contributed by atoms with E-state index in [4.69, 9.17) is 4.74 Å². The van der Waals surface area contributed by atoms with Crippen molar-refractivity contribution in [2.45, 2.75) is 25.8 Å². The molecule has 0 atom stereocenters. The number of carbonyl (C=O) groups is 1. The van der Waals surface area contributed by atoms with E-state index in [0.717, 1.165) is 42.4 Å². The van der Waals surface area contributed by atoms with Crippen LogP contribution in [0.25, 0.3) is 11.0 Å². The van der Waals surface area contributed by atoms with Crippen molar-refractivity contribution in [3.05, 3.63) is 65.7 Å². The summed E-state index contributed by atoms with van der Waals surface area (Å²) in [4.78, 5) is 19.3. The average Bonchev–Trinajstić information content (AvgIpc) is 3.11. The fourth-order valence-corrected chi connectivity index (χ4v) is 3.66. The van der Waals surface area contributed by atoms with Crippen molar-refractivity contribution in [1.29, 1.82) is 0 Å². The molecular formula is C22H24FN3O2. The third-order valence-electron chi connectivity index (χ3n) is 5.19. The highest BCUT2D eigenvalue weighted by atomic mass is 19.1. The summed E-state index contributed by atoms with van der Waals surface area (Å²) in [5.41, 5.74) is 3.55. The van der Waals surface area contributed by atoms with Crippen LogP contribution < -0.4 is 0 Å². The zero-order chi connectivity index (χ0) is 19.3. The second-order valence-electron chi connectivity index (χ2n) is 7.10. The lowest BCUT2D eigenvalue weighted by atomic mass is 10.1. The lowest BCUT2D eigenvalue weighted by Crippen LogP contribution is -2.40. The summed E-state index contributed by atoms with van der Waals surface area (Å²) >= 11 is 0. The molecule has 0 radical (unpaired) electrons. The summed E-state index contributed by atoms with van der Waals surface area (Å²) in [5, 5.41) is 0. The Morgan fingerprint density at radius 3 is 2.68 bits per heavy atom. The number of unbranched alkanes of at least 4 members (excludes halogenated alkanes) is 1. The molecule has 0 spiro atoms. The largest absolute Gasteiger partial charge is 0.378 e. The summed E-state index contributed by atoms with van der Waals surface area (Å²) in [6.45, 7) is 3.23. The van der Waals surface area contributed by atoms with Crippen LogP contribution >= 0.6 is 0 Å². The van der Waals surface area contributed by atoms with Crippen molar-refractivity contribution in [1.82, 2.24) is 14.5 Å². The minimum Gasteiger partial charge on any atom is -0.378 e. The first-order chi connectivity index (χ1) is 13.7. The number of ether oxygens (including phenoxy) is 1. The molecule has 3 aromatic rings. The van der Waals surface area contributed by atoms with Gasteiger partial charge in [0.1, 0.15) is 11.3 Å². The molecule has 6 heteroatoms. The van der Waals surface area contributed by atoms with Crippen molar-refractivity contribution in [2.75, 3.05) is 26.3 Å². The number of amides is 1. The molecule has 1 amide bonds. The third kappa shape index (κ3) is 4.07. The van der Waals surface area contributed by atoms with Crippen LogP contribution in [0.15, 0.2) is 48.8 Å². The Balaban J connectivity index is 1.45. The molecule has 0 aliphatic carbocycles. The predicted octanol–water partition coefficient (Wildman–Crippen LogP) is 3.67. The van der Waals surface area contributed by atoms with Gasteiger partial charge in [-0.3, -0.25) is 9.78 Å². The molecule has 146 valence electrons. The lowest BCUT2D eigenvalue weighted by Gasteiger charge is -2.26. The Morgan fingerprint density at radius 1 is 1.11 bits per heavy atom. The minimum absolute atomic E-state index is 0.0251. The Bertz CT molecular complexity index is 946. The van der Waals surface area contributed by atoms with Crippen molar-refractivity contribution in [3.8, 4) is 0 Å². The summed E-state index contributed by atoms with van der Waals surface area (Å²) in [6.07, 6.45) is 6.56. The molecule has 0 saturated carbocycles. The van der Waals surface area contributed by atoms with E-state index < -0.39 is 0 Å². The van der Waals surface area contributed by atoms with Gasteiger partial charge in [0.15, 0.2) is 0 Å². The molecule has 1 saturated heterocycles. The number of halogens is 1. The summed E-state index contributed by atoms with van der Waals surface area (Å²) in [7, 11) is 0. The third-order valence-corrected chi connectivity index (χ3v) is 5.19. The molecule has 2 aromatic heterocycles. The van der Waals surface area contributed by atoms with Crippen LogP contribution in [0, 0.1) is 5.82 Å². The smallest absolute Gasteiger partial charge is 0.257 e. The normalized spacial score (nSPS) is 14.5. The van der Waals surface area contributed by atoms with Gasteiger partial charge in [-0.15, -0.1) is 0 Å². The zero-order valence-electron chi connectivity index (χ0n) is 15.8. The Kier molecular flexibility index (Phi) is 5.67. The van der Waals surface area contributed by atoms with Gasteiger partial charge in [0, 0.05) is 32.0 Å². The van der Waals surface area contributed by atoms with Crippen LogP contribution in [0.4, 0.5) is 4.39 Å². The van der Waals surface area contributed by atoms with Gasteiger partial charge in [-0.1, -0.05) is 12.1 Å². The molecule has 28 heavy (non-hydrogen) atoms. The maximum absolute atomic E-state index is 13.0. The highest BCUT2D eigenvalue weighted by Crippen LogP contribution is 2.22. The van der Waals surface area contributed by atoms with E-state index in [0.29, 0.717) is 31.9 Å². The summed E-state index contributed by atoms with van der Waals surface area (Å²) in [5.74, 6) is -0.176. The minimum atomic E-state index is -0.201. The SMILES string of the molecule is O=C(c1cn(CCCCc2ccc(F)cc2)c2cccnc12)N1CCOCC1. The number of aromatic nitrogens is 2. The molecule has 3 heterocycles. The molecular weight excluding hydrogens is 357 g/mol. The van der Waals surface area contributed by atoms with Crippen molar-refractivity contribution in [3.63, 3.8) is 0 Å². The summed E-state index contributed by atoms with van der Waals surface area (Å²) in [6, 6.07) is 10.6. The molecule has 4 rings (SSSR count). The molecule has 1 aliphatic heterocycles. The Morgan fingerprint density at radius 2 is 1.89 bits per heavy atom. The number of fused-ring (bicyclic) bond motifs is 1. The van der Waals surface area contributed by atoms with Crippen LogP contribution in [0.5, 0.6) is 0 Å². The molecule has 1 fully saturated rings. The highest BCUT2D eigenvalue weighted by Gasteiger charge is 2.23. The monoisotopic (exact) mass is 381 g/mol. The van der Waals surface area contributed by atoms with Gasteiger partial charge in [-0.05, 0) is 49.1 Å². The van der Waals surface area contributed by atoms with E-state index in [-0.39, 0.29) is 11.7 Å². The maximum atomic E-state index is 13.0. The first-order valence-electron chi connectivity index (χ1n) is 9.78. The lowest BCUT2D eigenvalue weighted by molar-refractivity contribution is 0.0304. The van der Waals surface area contributed by atoms with Gasteiger partial charge in [-0.25, -0.2) is 4.39 Å². The first kappa shape index (κ1) is 18.6. The fourth-order valence-electron chi connectivity index (χ4n) is 3.66. The highest BCUT2D eigenvalue weighted by molar-refractivity contribution is 6.05. The van der Waals surface area contributed by atoms with Gasteiger partial charge < -0.3 is 14.2 Å². The fraction of sp³-hybridized carbons (Fsp3) is 0.364. The van der Waals surface area contributed by atoms with Gasteiger partial charge >= 0.3 is 0 Å².